The molecule has 1 atom stereocenters. The Morgan fingerprint density at radius 3 is 3.05 bits per heavy atom. The van der Waals surface area contributed by atoms with Crippen LogP contribution >= 0.6 is 0 Å². The zero-order valence-electron chi connectivity index (χ0n) is 12.3. The van der Waals surface area contributed by atoms with Crippen molar-refractivity contribution in [3.63, 3.8) is 0 Å². The summed E-state index contributed by atoms with van der Waals surface area (Å²) in [6, 6.07) is 2.10. The van der Waals surface area contributed by atoms with E-state index in [4.69, 9.17) is 4.74 Å². The van der Waals surface area contributed by atoms with Crippen LogP contribution in [0.4, 0.5) is 0 Å². The zero-order valence-corrected chi connectivity index (χ0v) is 12.3. The molecule has 0 spiro atoms. The largest absolute Gasteiger partial charge is 0.492 e. The molecule has 1 saturated carbocycles. The Bertz CT molecular complexity index is 468. The molecule has 3 heteroatoms. The van der Waals surface area contributed by atoms with Crippen LogP contribution in [0, 0.1) is 11.8 Å². The molecule has 1 aromatic rings. The van der Waals surface area contributed by atoms with Crippen molar-refractivity contribution in [1.82, 2.24) is 9.88 Å². The number of nitrogens with zero attached hydrogens (tertiary/aromatic N) is 2. The second-order valence-corrected chi connectivity index (χ2v) is 6.23. The molecule has 0 amide bonds. The van der Waals surface area contributed by atoms with Gasteiger partial charge in [0.25, 0.3) is 0 Å². The first-order valence-corrected chi connectivity index (χ1v) is 7.74. The molecule has 1 aliphatic carbocycles. The minimum absolute atomic E-state index is 0.671. The molecule has 1 aromatic heterocycles. The van der Waals surface area contributed by atoms with Crippen molar-refractivity contribution in [2.75, 3.05) is 26.7 Å². The molecular formula is C17H24N2O. The highest BCUT2D eigenvalue weighted by atomic mass is 16.5. The zero-order chi connectivity index (χ0) is 13.8. The molecule has 20 heavy (non-hydrogen) atoms. The first-order chi connectivity index (χ1) is 9.79. The highest BCUT2D eigenvalue weighted by Crippen LogP contribution is 2.29. The molecule has 3 rings (SSSR count). The average Bonchev–Trinajstić information content (AvgIpc) is 3.28. The number of rotatable bonds is 5. The monoisotopic (exact) mass is 272 g/mol. The maximum atomic E-state index is 5.77. The van der Waals surface area contributed by atoms with Gasteiger partial charge in [0.1, 0.15) is 5.75 Å². The van der Waals surface area contributed by atoms with E-state index in [1.165, 1.54) is 38.8 Å². The summed E-state index contributed by atoms with van der Waals surface area (Å²) >= 11 is 0. The minimum atomic E-state index is 0.671. The van der Waals surface area contributed by atoms with E-state index in [2.05, 4.69) is 35.1 Å². The fraction of sp³-hybridized carbons (Fsp3) is 0.588. The molecule has 2 fully saturated rings. The van der Waals surface area contributed by atoms with Crippen molar-refractivity contribution >= 4 is 6.08 Å². The smallest absolute Gasteiger partial charge is 0.138 e. The Hall–Kier alpha value is -1.35. The average molecular weight is 272 g/mol. The summed E-state index contributed by atoms with van der Waals surface area (Å²) in [4.78, 5) is 6.68. The number of pyridine rings is 1. The lowest BCUT2D eigenvalue weighted by Crippen LogP contribution is -2.30. The van der Waals surface area contributed by atoms with Gasteiger partial charge < -0.3 is 9.64 Å². The van der Waals surface area contributed by atoms with Gasteiger partial charge in [0.15, 0.2) is 0 Å². The lowest BCUT2D eigenvalue weighted by molar-refractivity contribution is 0.238. The van der Waals surface area contributed by atoms with Gasteiger partial charge >= 0.3 is 0 Å². The lowest BCUT2D eigenvalue weighted by atomic mass is 9.97. The van der Waals surface area contributed by atoms with Crippen LogP contribution in [0.1, 0.15) is 31.2 Å². The summed E-state index contributed by atoms with van der Waals surface area (Å²) in [5, 5.41) is 0. The Kier molecular flexibility index (Phi) is 4.36. The van der Waals surface area contributed by atoms with E-state index in [0.29, 0.717) is 5.92 Å². The molecule has 1 aliphatic heterocycles. The van der Waals surface area contributed by atoms with Gasteiger partial charge in [0.2, 0.25) is 0 Å². The van der Waals surface area contributed by atoms with Crippen molar-refractivity contribution in [3.05, 3.63) is 30.1 Å². The number of aromatic nitrogens is 1. The van der Waals surface area contributed by atoms with E-state index in [0.717, 1.165) is 23.8 Å². The fourth-order valence-corrected chi connectivity index (χ4v) is 2.71. The van der Waals surface area contributed by atoms with E-state index in [-0.39, 0.29) is 0 Å². The maximum absolute atomic E-state index is 5.77. The molecule has 0 N–H and O–H groups in total. The van der Waals surface area contributed by atoms with Crippen LogP contribution in [0.25, 0.3) is 6.08 Å². The second kappa shape index (κ2) is 6.40. The maximum Gasteiger partial charge on any atom is 0.138 e. The van der Waals surface area contributed by atoms with Gasteiger partial charge in [0, 0.05) is 12.7 Å². The first kappa shape index (κ1) is 13.6. The molecule has 0 unspecified atom stereocenters. The molecule has 108 valence electrons. The predicted octanol–water partition coefficient (Wildman–Crippen LogP) is 3.23. The SMILES string of the molecule is CN1CCC[C@@H](/C=C/c2cncc(OCC3CC3)c2)C1. The van der Waals surface area contributed by atoms with Crippen molar-refractivity contribution in [2.24, 2.45) is 11.8 Å². The molecule has 3 nitrogen and oxygen atoms in total. The number of likely N-dealkylation sites (tertiary alicyclic amines) is 1. The Balaban J connectivity index is 1.56. The van der Waals surface area contributed by atoms with E-state index in [1.807, 2.05) is 12.4 Å². The van der Waals surface area contributed by atoms with Gasteiger partial charge in [-0.2, -0.15) is 0 Å². The summed E-state index contributed by atoms with van der Waals surface area (Å²) in [5.74, 6) is 2.36. The van der Waals surface area contributed by atoms with Gasteiger partial charge in [-0.25, -0.2) is 0 Å². The van der Waals surface area contributed by atoms with Crippen LogP contribution in [-0.4, -0.2) is 36.6 Å². The molecule has 1 saturated heterocycles. The quantitative estimate of drug-likeness (QED) is 0.823. The predicted molar refractivity (Wildman–Crippen MR) is 81.7 cm³/mol. The number of piperidine rings is 1. The normalized spacial score (nSPS) is 24.1. The molecule has 0 bridgehead atoms. The highest BCUT2D eigenvalue weighted by Gasteiger charge is 2.21. The van der Waals surface area contributed by atoms with Crippen molar-refractivity contribution < 1.29 is 4.74 Å². The van der Waals surface area contributed by atoms with Crippen molar-refractivity contribution in [1.29, 1.82) is 0 Å². The topological polar surface area (TPSA) is 25.4 Å². The Morgan fingerprint density at radius 1 is 1.35 bits per heavy atom. The van der Waals surface area contributed by atoms with Crippen LogP contribution in [-0.2, 0) is 0 Å². The summed E-state index contributed by atoms with van der Waals surface area (Å²) < 4.78 is 5.77. The van der Waals surface area contributed by atoms with Gasteiger partial charge in [0.05, 0.1) is 12.8 Å². The van der Waals surface area contributed by atoms with Gasteiger partial charge in [-0.15, -0.1) is 0 Å². The summed E-state index contributed by atoms with van der Waals surface area (Å²) in [6.45, 7) is 3.25. The highest BCUT2D eigenvalue weighted by molar-refractivity contribution is 5.50. The van der Waals surface area contributed by atoms with Gasteiger partial charge in [-0.05, 0) is 62.7 Å². The van der Waals surface area contributed by atoms with Crippen LogP contribution in [0.3, 0.4) is 0 Å². The van der Waals surface area contributed by atoms with Gasteiger partial charge in [-0.3, -0.25) is 4.98 Å². The fourth-order valence-electron chi connectivity index (χ4n) is 2.71. The third-order valence-corrected chi connectivity index (χ3v) is 4.14. The van der Waals surface area contributed by atoms with Crippen molar-refractivity contribution in [3.8, 4) is 5.75 Å². The van der Waals surface area contributed by atoms with Gasteiger partial charge in [-0.1, -0.05) is 12.2 Å². The summed E-state index contributed by atoms with van der Waals surface area (Å²) in [5.41, 5.74) is 1.14. The third kappa shape index (κ3) is 4.07. The van der Waals surface area contributed by atoms with Crippen LogP contribution < -0.4 is 4.74 Å². The molecular weight excluding hydrogens is 248 g/mol. The summed E-state index contributed by atoms with van der Waals surface area (Å²) in [7, 11) is 2.20. The third-order valence-electron chi connectivity index (χ3n) is 4.14. The molecule has 2 heterocycles. The number of ether oxygens (including phenoxy) is 1. The van der Waals surface area contributed by atoms with E-state index in [9.17, 15) is 0 Å². The summed E-state index contributed by atoms with van der Waals surface area (Å²) in [6.07, 6.45) is 13.5. The van der Waals surface area contributed by atoms with Crippen molar-refractivity contribution in [2.45, 2.75) is 25.7 Å². The molecule has 0 radical (unpaired) electrons. The van der Waals surface area contributed by atoms with E-state index < -0.39 is 0 Å². The van der Waals surface area contributed by atoms with E-state index in [1.54, 1.807) is 0 Å². The first-order valence-electron chi connectivity index (χ1n) is 7.74. The van der Waals surface area contributed by atoms with E-state index >= 15 is 0 Å². The number of hydrogen-bond acceptors (Lipinski definition) is 3. The number of hydrogen-bond donors (Lipinski definition) is 0. The molecule has 2 aliphatic rings. The van der Waals surface area contributed by atoms with Crippen LogP contribution in [0.2, 0.25) is 0 Å². The Morgan fingerprint density at radius 2 is 2.25 bits per heavy atom. The lowest BCUT2D eigenvalue weighted by Gasteiger charge is -2.27. The van der Waals surface area contributed by atoms with Crippen LogP contribution in [0.15, 0.2) is 24.5 Å². The van der Waals surface area contributed by atoms with Crippen LogP contribution in [0.5, 0.6) is 5.75 Å². The minimum Gasteiger partial charge on any atom is -0.492 e. The molecule has 0 aromatic carbocycles. The standard InChI is InChI=1S/C17H24N2O/c1-19-8-2-3-14(12-19)4-7-16-9-17(11-18-10-16)20-13-15-5-6-15/h4,7,9-11,14-15H,2-3,5-6,8,12-13H2,1H3/b7-4+/t14-/m0/s1. The second-order valence-electron chi connectivity index (χ2n) is 6.23. The Labute approximate surface area is 121 Å².